The first kappa shape index (κ1) is 9.90. The Morgan fingerprint density at radius 1 is 0.941 bits per heavy atom. The zero-order valence-corrected chi connectivity index (χ0v) is 9.19. The van der Waals surface area contributed by atoms with Gasteiger partial charge in [-0.05, 0) is 30.5 Å². The monoisotopic (exact) mass is 225 g/mol. The molecule has 0 aliphatic rings. The summed E-state index contributed by atoms with van der Waals surface area (Å²) in [5, 5.41) is 13.7. The van der Waals surface area contributed by atoms with Gasteiger partial charge < -0.3 is 4.42 Å². The topological polar surface area (TPSA) is 50.1 Å². The summed E-state index contributed by atoms with van der Waals surface area (Å²) in [5.74, 6) is -0.115. The van der Waals surface area contributed by atoms with Crippen LogP contribution in [-0.2, 0) is 5.11 Å². The first-order chi connectivity index (χ1) is 8.18. The lowest BCUT2D eigenvalue weighted by atomic mass is 10.0. The van der Waals surface area contributed by atoms with Gasteiger partial charge in [0.15, 0.2) is 5.75 Å². The van der Waals surface area contributed by atoms with Crippen molar-refractivity contribution in [2.24, 2.45) is 0 Å². The highest BCUT2D eigenvalue weighted by atomic mass is 16.4. The van der Waals surface area contributed by atoms with E-state index in [1.54, 1.807) is 25.1 Å². The second kappa shape index (κ2) is 3.35. The molecule has 0 saturated carbocycles. The lowest BCUT2D eigenvalue weighted by Crippen LogP contribution is -2.00. The molecule has 3 aromatic rings. The standard InChI is InChI=1S/C14H9O3/c1-8-12(15)7-6-10-9-4-2-3-5-11(9)14(16)17-13(8)10/h2-7H,1H3. The summed E-state index contributed by atoms with van der Waals surface area (Å²) in [7, 11) is 0. The van der Waals surface area contributed by atoms with Crippen LogP contribution in [0, 0.1) is 6.92 Å². The smallest absolute Gasteiger partial charge is 0.344 e. The van der Waals surface area contributed by atoms with Crippen molar-refractivity contribution in [3.8, 4) is 5.75 Å². The Hall–Kier alpha value is -2.29. The zero-order valence-electron chi connectivity index (χ0n) is 9.19. The van der Waals surface area contributed by atoms with Gasteiger partial charge in [0, 0.05) is 10.9 Å². The molecule has 0 fully saturated rings. The Kier molecular flexibility index (Phi) is 1.95. The van der Waals surface area contributed by atoms with Gasteiger partial charge in [0.25, 0.3) is 0 Å². The molecule has 0 amide bonds. The third-order valence-corrected chi connectivity index (χ3v) is 2.99. The van der Waals surface area contributed by atoms with Crippen molar-refractivity contribution in [3.05, 3.63) is 52.4 Å². The number of fused-ring (bicyclic) bond motifs is 3. The van der Waals surface area contributed by atoms with E-state index in [1.807, 2.05) is 12.1 Å². The van der Waals surface area contributed by atoms with Gasteiger partial charge in [0.05, 0.1) is 5.39 Å². The molecule has 3 heteroatoms. The first-order valence-corrected chi connectivity index (χ1v) is 5.30. The summed E-state index contributed by atoms with van der Waals surface area (Å²) in [6.45, 7) is 1.67. The Morgan fingerprint density at radius 3 is 2.41 bits per heavy atom. The summed E-state index contributed by atoms with van der Waals surface area (Å²) in [4.78, 5) is 11.8. The summed E-state index contributed by atoms with van der Waals surface area (Å²) in [6, 6.07) is 10.4. The minimum Gasteiger partial charge on any atom is -0.422 e. The van der Waals surface area contributed by atoms with Crippen molar-refractivity contribution in [2.75, 3.05) is 0 Å². The third kappa shape index (κ3) is 1.32. The third-order valence-electron chi connectivity index (χ3n) is 2.99. The lowest BCUT2D eigenvalue weighted by molar-refractivity contribution is 0.351. The number of hydrogen-bond donors (Lipinski definition) is 0. The molecule has 0 N–H and O–H groups in total. The molecular weight excluding hydrogens is 216 g/mol. The number of benzene rings is 2. The van der Waals surface area contributed by atoms with Gasteiger partial charge in [0.2, 0.25) is 0 Å². The molecule has 0 atom stereocenters. The quantitative estimate of drug-likeness (QED) is 0.435. The van der Waals surface area contributed by atoms with E-state index < -0.39 is 5.63 Å². The van der Waals surface area contributed by atoms with Crippen LogP contribution in [0.5, 0.6) is 5.75 Å². The zero-order chi connectivity index (χ0) is 12.0. The van der Waals surface area contributed by atoms with Crippen LogP contribution >= 0.6 is 0 Å². The van der Waals surface area contributed by atoms with Crippen LogP contribution in [0.25, 0.3) is 21.7 Å². The summed E-state index contributed by atoms with van der Waals surface area (Å²) in [6.07, 6.45) is 0. The molecule has 1 heterocycles. The molecule has 0 aliphatic carbocycles. The molecule has 2 aromatic carbocycles. The van der Waals surface area contributed by atoms with Gasteiger partial charge in [-0.1, -0.05) is 18.2 Å². The van der Waals surface area contributed by atoms with Crippen molar-refractivity contribution in [2.45, 2.75) is 6.92 Å². The average molecular weight is 225 g/mol. The molecule has 17 heavy (non-hydrogen) atoms. The maximum Gasteiger partial charge on any atom is 0.344 e. The molecule has 0 bridgehead atoms. The van der Waals surface area contributed by atoms with Crippen molar-refractivity contribution in [3.63, 3.8) is 0 Å². The van der Waals surface area contributed by atoms with Crippen molar-refractivity contribution in [1.82, 2.24) is 0 Å². The maximum atomic E-state index is 11.8. The van der Waals surface area contributed by atoms with E-state index in [4.69, 9.17) is 4.42 Å². The minimum atomic E-state index is -0.401. The van der Waals surface area contributed by atoms with Gasteiger partial charge in [-0.2, -0.15) is 0 Å². The highest BCUT2D eigenvalue weighted by Gasteiger charge is 2.11. The fourth-order valence-electron chi connectivity index (χ4n) is 2.06. The van der Waals surface area contributed by atoms with E-state index in [1.165, 1.54) is 6.07 Å². The fraction of sp³-hybridized carbons (Fsp3) is 0.0714. The summed E-state index contributed by atoms with van der Waals surface area (Å²) in [5.41, 5.74) is 0.466. The second-order valence-electron chi connectivity index (χ2n) is 4.00. The molecule has 1 aromatic heterocycles. The van der Waals surface area contributed by atoms with Crippen molar-refractivity contribution in [1.29, 1.82) is 0 Å². The van der Waals surface area contributed by atoms with Gasteiger partial charge in [-0.25, -0.2) is 4.79 Å². The fourth-order valence-corrected chi connectivity index (χ4v) is 2.06. The van der Waals surface area contributed by atoms with Crippen LogP contribution in [0.3, 0.4) is 0 Å². The first-order valence-electron chi connectivity index (χ1n) is 5.30. The van der Waals surface area contributed by atoms with Crippen LogP contribution in [0.1, 0.15) is 5.56 Å². The molecule has 0 aliphatic heterocycles. The van der Waals surface area contributed by atoms with Crippen molar-refractivity contribution >= 4 is 21.7 Å². The van der Waals surface area contributed by atoms with E-state index in [-0.39, 0.29) is 5.75 Å². The molecule has 3 rings (SSSR count). The van der Waals surface area contributed by atoms with Crippen molar-refractivity contribution < 1.29 is 9.52 Å². The summed E-state index contributed by atoms with van der Waals surface area (Å²) >= 11 is 0. The highest BCUT2D eigenvalue weighted by molar-refractivity contribution is 6.05. The highest BCUT2D eigenvalue weighted by Crippen LogP contribution is 2.29. The Bertz CT molecular complexity index is 784. The molecule has 0 spiro atoms. The van der Waals surface area contributed by atoms with E-state index >= 15 is 0 Å². The maximum absolute atomic E-state index is 11.8. The van der Waals surface area contributed by atoms with E-state index in [0.717, 1.165) is 10.8 Å². The second-order valence-corrected chi connectivity index (χ2v) is 4.00. The minimum absolute atomic E-state index is 0.115. The molecule has 1 radical (unpaired) electrons. The molecule has 0 unspecified atom stereocenters. The van der Waals surface area contributed by atoms with Crippen LogP contribution in [0.15, 0.2) is 45.6 Å². The van der Waals surface area contributed by atoms with E-state index in [0.29, 0.717) is 16.5 Å². The van der Waals surface area contributed by atoms with Gasteiger partial charge in [0.1, 0.15) is 5.58 Å². The van der Waals surface area contributed by atoms with Gasteiger partial charge in [-0.15, -0.1) is 0 Å². The predicted molar refractivity (Wildman–Crippen MR) is 64.9 cm³/mol. The predicted octanol–water partition coefficient (Wildman–Crippen LogP) is 3.40. The molecule has 0 saturated heterocycles. The number of aryl methyl sites for hydroxylation is 1. The Morgan fingerprint density at radius 2 is 1.65 bits per heavy atom. The van der Waals surface area contributed by atoms with Gasteiger partial charge in [-0.3, -0.25) is 5.11 Å². The SMILES string of the molecule is Cc1c([O])ccc2c1oc(=O)c1ccccc12. The largest absolute Gasteiger partial charge is 0.422 e. The molecule has 3 nitrogen and oxygen atoms in total. The lowest BCUT2D eigenvalue weighted by Gasteiger charge is -2.04. The molecule has 83 valence electrons. The molecular formula is C14H9O3. The van der Waals surface area contributed by atoms with Crippen LogP contribution < -0.4 is 5.63 Å². The normalized spacial score (nSPS) is 11.1. The Labute approximate surface area is 96.9 Å². The van der Waals surface area contributed by atoms with Crippen LogP contribution in [0.4, 0.5) is 0 Å². The number of rotatable bonds is 0. The van der Waals surface area contributed by atoms with E-state index in [9.17, 15) is 9.90 Å². The van der Waals surface area contributed by atoms with Gasteiger partial charge >= 0.3 is 5.63 Å². The van der Waals surface area contributed by atoms with E-state index in [2.05, 4.69) is 0 Å². The van der Waals surface area contributed by atoms with Crippen LogP contribution in [0.2, 0.25) is 0 Å². The van der Waals surface area contributed by atoms with Crippen LogP contribution in [-0.4, -0.2) is 0 Å². The summed E-state index contributed by atoms with van der Waals surface area (Å²) < 4.78 is 5.23. The number of hydrogen-bond acceptors (Lipinski definition) is 2. The Balaban J connectivity index is 2.67. The average Bonchev–Trinajstić information content (AvgIpc) is 2.35.